The minimum Gasteiger partial charge on any atom is -0.496 e. The van der Waals surface area contributed by atoms with E-state index in [4.69, 9.17) is 9.57 Å². The van der Waals surface area contributed by atoms with Crippen LogP contribution in [-0.4, -0.2) is 30.1 Å². The van der Waals surface area contributed by atoms with Gasteiger partial charge in [-0.2, -0.15) is 5.06 Å². The summed E-state index contributed by atoms with van der Waals surface area (Å²) in [6, 6.07) is 4.93. The fourth-order valence-electron chi connectivity index (χ4n) is 3.06. The third-order valence-corrected chi connectivity index (χ3v) is 5.09. The lowest BCUT2D eigenvalue weighted by molar-refractivity contribution is -0.180. The van der Waals surface area contributed by atoms with E-state index in [2.05, 4.69) is 15.9 Å². The molecule has 138 valence electrons. The Hall–Kier alpha value is -1.56. The third kappa shape index (κ3) is 4.97. The highest BCUT2D eigenvalue weighted by molar-refractivity contribution is 9.08. The maximum absolute atomic E-state index is 12.7. The van der Waals surface area contributed by atoms with Gasteiger partial charge in [0.2, 0.25) is 0 Å². The Morgan fingerprint density at radius 1 is 1.24 bits per heavy atom. The molecule has 0 heterocycles. The highest BCUT2D eigenvalue weighted by atomic mass is 79.9. The SMILES string of the molecule is COc1cc(C(=O)ON(C(=O)C2CCCCC2)C(C)C)ccc1CBr. The van der Waals surface area contributed by atoms with Crippen molar-refractivity contribution in [1.82, 2.24) is 5.06 Å². The molecule has 2 rings (SSSR count). The number of methoxy groups -OCH3 is 1. The molecule has 1 amide bonds. The van der Waals surface area contributed by atoms with Crippen LogP contribution in [-0.2, 0) is 15.0 Å². The number of rotatable bonds is 5. The predicted molar refractivity (Wildman–Crippen MR) is 99.6 cm³/mol. The lowest BCUT2D eigenvalue weighted by Crippen LogP contribution is -2.42. The molecule has 0 spiro atoms. The van der Waals surface area contributed by atoms with Crippen molar-refractivity contribution in [3.63, 3.8) is 0 Å². The lowest BCUT2D eigenvalue weighted by Gasteiger charge is -2.30. The van der Waals surface area contributed by atoms with Gasteiger partial charge in [-0.05, 0) is 38.8 Å². The minimum absolute atomic E-state index is 0.0470. The number of carbonyl (C=O) groups excluding carboxylic acids is 2. The van der Waals surface area contributed by atoms with Gasteiger partial charge in [-0.1, -0.05) is 41.3 Å². The number of hydroxylamine groups is 2. The first-order valence-electron chi connectivity index (χ1n) is 8.76. The summed E-state index contributed by atoms with van der Waals surface area (Å²) < 4.78 is 5.30. The van der Waals surface area contributed by atoms with Gasteiger partial charge in [0.15, 0.2) is 0 Å². The highest BCUT2D eigenvalue weighted by Crippen LogP contribution is 2.27. The first kappa shape index (κ1) is 19.8. The molecular formula is C19H26BrNO4. The number of hydrogen-bond acceptors (Lipinski definition) is 4. The maximum atomic E-state index is 12.7. The van der Waals surface area contributed by atoms with E-state index >= 15 is 0 Å². The van der Waals surface area contributed by atoms with Crippen LogP contribution in [0.2, 0.25) is 0 Å². The third-order valence-electron chi connectivity index (χ3n) is 4.49. The second-order valence-corrected chi connectivity index (χ2v) is 7.19. The Bertz CT molecular complexity index is 611. The summed E-state index contributed by atoms with van der Waals surface area (Å²) in [5, 5.41) is 1.87. The van der Waals surface area contributed by atoms with Crippen molar-refractivity contribution in [2.75, 3.05) is 7.11 Å². The van der Waals surface area contributed by atoms with E-state index in [0.29, 0.717) is 16.6 Å². The van der Waals surface area contributed by atoms with Crippen LogP contribution in [0.4, 0.5) is 0 Å². The van der Waals surface area contributed by atoms with Gasteiger partial charge in [0.1, 0.15) is 5.75 Å². The molecule has 0 radical (unpaired) electrons. The second-order valence-electron chi connectivity index (χ2n) is 6.63. The van der Waals surface area contributed by atoms with Crippen LogP contribution >= 0.6 is 15.9 Å². The van der Waals surface area contributed by atoms with Crippen molar-refractivity contribution in [2.24, 2.45) is 5.92 Å². The molecule has 1 aliphatic carbocycles. The zero-order valence-electron chi connectivity index (χ0n) is 15.1. The van der Waals surface area contributed by atoms with E-state index in [1.807, 2.05) is 19.9 Å². The predicted octanol–water partition coefficient (Wildman–Crippen LogP) is 4.48. The molecule has 0 aromatic heterocycles. The molecular weight excluding hydrogens is 386 g/mol. The summed E-state index contributed by atoms with van der Waals surface area (Å²) in [5.41, 5.74) is 1.31. The molecule has 0 saturated heterocycles. The number of nitrogens with zero attached hydrogens (tertiary/aromatic N) is 1. The second kappa shape index (κ2) is 9.22. The summed E-state index contributed by atoms with van der Waals surface area (Å²) >= 11 is 3.38. The molecule has 1 fully saturated rings. The van der Waals surface area contributed by atoms with Crippen molar-refractivity contribution in [3.05, 3.63) is 29.3 Å². The molecule has 25 heavy (non-hydrogen) atoms. The summed E-state index contributed by atoms with van der Waals surface area (Å²) in [5.74, 6) is -0.0698. The lowest BCUT2D eigenvalue weighted by atomic mass is 9.88. The van der Waals surface area contributed by atoms with E-state index in [9.17, 15) is 9.59 Å². The van der Waals surface area contributed by atoms with E-state index in [-0.39, 0.29) is 17.9 Å². The van der Waals surface area contributed by atoms with Gasteiger partial charge in [0, 0.05) is 16.8 Å². The topological polar surface area (TPSA) is 55.8 Å². The van der Waals surface area contributed by atoms with Gasteiger partial charge >= 0.3 is 5.97 Å². The summed E-state index contributed by atoms with van der Waals surface area (Å²) in [6.45, 7) is 3.70. The summed E-state index contributed by atoms with van der Waals surface area (Å²) in [4.78, 5) is 30.7. The Labute approximate surface area is 157 Å². The van der Waals surface area contributed by atoms with Gasteiger partial charge in [-0.15, -0.1) is 0 Å². The number of halogens is 1. The minimum atomic E-state index is -0.544. The first-order chi connectivity index (χ1) is 12.0. The number of benzene rings is 1. The van der Waals surface area contributed by atoms with Gasteiger partial charge in [0.05, 0.1) is 18.7 Å². The molecule has 1 aromatic rings. The van der Waals surface area contributed by atoms with Crippen LogP contribution in [0.25, 0.3) is 0 Å². The monoisotopic (exact) mass is 411 g/mol. The molecule has 5 nitrogen and oxygen atoms in total. The normalized spacial score (nSPS) is 15.1. The summed E-state index contributed by atoms with van der Waals surface area (Å²) in [6.07, 6.45) is 5.02. The largest absolute Gasteiger partial charge is 0.496 e. The van der Waals surface area contributed by atoms with Crippen LogP contribution in [0.3, 0.4) is 0 Å². The molecule has 6 heteroatoms. The number of carbonyl (C=O) groups is 2. The average Bonchev–Trinajstić information content (AvgIpc) is 2.65. The number of hydrogen-bond donors (Lipinski definition) is 0. The molecule has 0 N–H and O–H groups in total. The Balaban J connectivity index is 2.13. The van der Waals surface area contributed by atoms with Gasteiger partial charge in [-0.3, -0.25) is 4.79 Å². The van der Waals surface area contributed by atoms with E-state index in [0.717, 1.165) is 31.2 Å². The Morgan fingerprint density at radius 2 is 1.92 bits per heavy atom. The van der Waals surface area contributed by atoms with Crippen LogP contribution in [0, 0.1) is 5.92 Å². The van der Waals surface area contributed by atoms with Gasteiger partial charge < -0.3 is 9.57 Å². The van der Waals surface area contributed by atoms with E-state index in [1.54, 1.807) is 19.2 Å². The number of alkyl halides is 1. The zero-order chi connectivity index (χ0) is 18.4. The molecule has 1 aliphatic rings. The van der Waals surface area contributed by atoms with Crippen LogP contribution in [0.1, 0.15) is 61.9 Å². The van der Waals surface area contributed by atoms with Crippen molar-refractivity contribution in [2.45, 2.75) is 57.3 Å². The maximum Gasteiger partial charge on any atom is 0.363 e. The number of amides is 1. The van der Waals surface area contributed by atoms with E-state index in [1.165, 1.54) is 11.5 Å². The van der Waals surface area contributed by atoms with Crippen LogP contribution in [0.15, 0.2) is 18.2 Å². The summed E-state index contributed by atoms with van der Waals surface area (Å²) in [7, 11) is 1.56. The quantitative estimate of drug-likeness (QED) is 0.529. The Morgan fingerprint density at radius 3 is 2.48 bits per heavy atom. The molecule has 0 aliphatic heterocycles. The zero-order valence-corrected chi connectivity index (χ0v) is 16.7. The van der Waals surface area contributed by atoms with Gasteiger partial charge in [0.25, 0.3) is 5.91 Å². The van der Waals surface area contributed by atoms with E-state index < -0.39 is 5.97 Å². The smallest absolute Gasteiger partial charge is 0.363 e. The standard InChI is InChI=1S/C19H26BrNO4/c1-13(2)21(18(22)14-7-5-4-6-8-14)25-19(23)15-9-10-16(12-20)17(11-15)24-3/h9-11,13-14H,4-8,12H2,1-3H3. The first-order valence-corrected chi connectivity index (χ1v) is 9.88. The fraction of sp³-hybridized carbons (Fsp3) is 0.579. The highest BCUT2D eigenvalue weighted by Gasteiger charge is 2.30. The fourth-order valence-corrected chi connectivity index (χ4v) is 3.52. The van der Waals surface area contributed by atoms with Crippen molar-refractivity contribution >= 4 is 27.8 Å². The molecule has 0 unspecified atom stereocenters. The molecule has 1 aromatic carbocycles. The average molecular weight is 412 g/mol. The Kier molecular flexibility index (Phi) is 7.29. The number of ether oxygens (including phenoxy) is 1. The van der Waals surface area contributed by atoms with Gasteiger partial charge in [-0.25, -0.2) is 4.79 Å². The molecule has 1 saturated carbocycles. The molecule has 0 bridgehead atoms. The molecule has 0 atom stereocenters. The van der Waals surface area contributed by atoms with Crippen molar-refractivity contribution in [3.8, 4) is 5.75 Å². The van der Waals surface area contributed by atoms with Crippen LogP contribution < -0.4 is 4.74 Å². The van der Waals surface area contributed by atoms with Crippen molar-refractivity contribution < 1.29 is 19.2 Å². The van der Waals surface area contributed by atoms with Crippen LogP contribution in [0.5, 0.6) is 5.75 Å². The van der Waals surface area contributed by atoms with Crippen molar-refractivity contribution in [1.29, 1.82) is 0 Å².